The largest absolute Gasteiger partial charge is 0.327 e. The summed E-state index contributed by atoms with van der Waals surface area (Å²) < 4.78 is 0. The van der Waals surface area contributed by atoms with E-state index >= 15 is 0 Å². The minimum Gasteiger partial charge on any atom is -0.327 e. The summed E-state index contributed by atoms with van der Waals surface area (Å²) in [6, 6.07) is 9.12. The predicted molar refractivity (Wildman–Crippen MR) is 60.2 cm³/mol. The third-order valence-electron chi connectivity index (χ3n) is 3.50. The first kappa shape index (κ1) is 9.72. The summed E-state index contributed by atoms with van der Waals surface area (Å²) in [5.41, 5.74) is 9.24. The van der Waals surface area contributed by atoms with Crippen LogP contribution in [0.5, 0.6) is 0 Å². The Bertz CT molecular complexity index is 324. The zero-order valence-electron chi connectivity index (χ0n) is 9.09. The van der Waals surface area contributed by atoms with Crippen molar-refractivity contribution in [1.82, 2.24) is 0 Å². The topological polar surface area (TPSA) is 26.0 Å². The molecule has 0 radical (unpaired) electrons. The van der Waals surface area contributed by atoms with Crippen LogP contribution in [0.15, 0.2) is 24.3 Å². The maximum Gasteiger partial charge on any atom is 0.00702 e. The molecule has 2 N–H and O–H groups in total. The standard InChI is InChI=1S/C13H19N/c1-10-4-3-5-12(8-10)9-13(6-7-13)11(2)14/h3-5,8,11H,6-7,9,14H2,1-2H3. The van der Waals surface area contributed by atoms with E-state index in [-0.39, 0.29) is 0 Å². The Labute approximate surface area is 86.3 Å². The van der Waals surface area contributed by atoms with Crippen LogP contribution in [-0.2, 0) is 6.42 Å². The molecule has 1 aromatic rings. The van der Waals surface area contributed by atoms with Crippen LogP contribution in [0.25, 0.3) is 0 Å². The van der Waals surface area contributed by atoms with Gasteiger partial charge in [0.15, 0.2) is 0 Å². The van der Waals surface area contributed by atoms with E-state index in [1.54, 1.807) is 0 Å². The van der Waals surface area contributed by atoms with E-state index in [4.69, 9.17) is 5.73 Å². The Morgan fingerprint density at radius 3 is 2.64 bits per heavy atom. The first-order valence-electron chi connectivity index (χ1n) is 5.43. The SMILES string of the molecule is Cc1cccc(CC2(C(C)N)CC2)c1. The summed E-state index contributed by atoms with van der Waals surface area (Å²) >= 11 is 0. The molecule has 0 heterocycles. The summed E-state index contributed by atoms with van der Waals surface area (Å²) in [7, 11) is 0. The minimum absolute atomic E-state index is 0.336. The van der Waals surface area contributed by atoms with Crippen molar-refractivity contribution in [3.8, 4) is 0 Å². The molecule has 14 heavy (non-hydrogen) atoms. The van der Waals surface area contributed by atoms with Crippen LogP contribution in [-0.4, -0.2) is 6.04 Å². The Kier molecular flexibility index (Phi) is 2.36. The van der Waals surface area contributed by atoms with E-state index in [2.05, 4.69) is 38.1 Å². The molecule has 1 heteroatoms. The molecule has 1 nitrogen and oxygen atoms in total. The maximum atomic E-state index is 6.02. The third-order valence-corrected chi connectivity index (χ3v) is 3.50. The van der Waals surface area contributed by atoms with Gasteiger partial charge in [0.1, 0.15) is 0 Å². The molecule has 0 aliphatic heterocycles. The van der Waals surface area contributed by atoms with Crippen LogP contribution in [0.3, 0.4) is 0 Å². The highest BCUT2D eigenvalue weighted by Crippen LogP contribution is 2.50. The number of hydrogen-bond acceptors (Lipinski definition) is 1. The van der Waals surface area contributed by atoms with Gasteiger partial charge < -0.3 is 5.73 Å². The molecule has 0 bridgehead atoms. The average Bonchev–Trinajstić information content (AvgIpc) is 2.85. The molecule has 1 saturated carbocycles. The molecule has 1 atom stereocenters. The van der Waals surface area contributed by atoms with E-state index in [9.17, 15) is 0 Å². The normalized spacial score (nSPS) is 20.5. The summed E-state index contributed by atoms with van der Waals surface area (Å²) in [5.74, 6) is 0. The fourth-order valence-electron chi connectivity index (χ4n) is 2.18. The van der Waals surface area contributed by atoms with Gasteiger partial charge in [-0.3, -0.25) is 0 Å². The number of nitrogens with two attached hydrogens (primary N) is 1. The molecule has 1 unspecified atom stereocenters. The zero-order chi connectivity index (χ0) is 10.2. The first-order chi connectivity index (χ1) is 6.62. The lowest BCUT2D eigenvalue weighted by Crippen LogP contribution is -2.29. The lowest BCUT2D eigenvalue weighted by molar-refractivity contribution is 0.418. The number of hydrogen-bond donors (Lipinski definition) is 1. The molecule has 0 aromatic heterocycles. The highest BCUT2D eigenvalue weighted by molar-refractivity contribution is 5.25. The van der Waals surface area contributed by atoms with E-state index in [0.717, 1.165) is 6.42 Å². The lowest BCUT2D eigenvalue weighted by Gasteiger charge is -2.19. The average molecular weight is 189 g/mol. The van der Waals surface area contributed by atoms with Crippen LogP contribution < -0.4 is 5.73 Å². The van der Waals surface area contributed by atoms with Crippen molar-refractivity contribution in [2.45, 2.75) is 39.2 Å². The second kappa shape index (κ2) is 3.39. The fraction of sp³-hybridized carbons (Fsp3) is 0.538. The smallest absolute Gasteiger partial charge is 0.00702 e. The highest BCUT2D eigenvalue weighted by atomic mass is 14.7. The van der Waals surface area contributed by atoms with Gasteiger partial charge in [-0.1, -0.05) is 29.8 Å². The van der Waals surface area contributed by atoms with Crippen molar-refractivity contribution in [1.29, 1.82) is 0 Å². The van der Waals surface area contributed by atoms with Crippen molar-refractivity contribution in [2.75, 3.05) is 0 Å². The highest BCUT2D eigenvalue weighted by Gasteiger charge is 2.45. The summed E-state index contributed by atoms with van der Waals surface area (Å²) in [5, 5.41) is 0. The van der Waals surface area contributed by atoms with Gasteiger partial charge in [0, 0.05) is 6.04 Å². The van der Waals surface area contributed by atoms with Crippen molar-refractivity contribution in [3.63, 3.8) is 0 Å². The van der Waals surface area contributed by atoms with Crippen molar-refractivity contribution < 1.29 is 0 Å². The van der Waals surface area contributed by atoms with Crippen molar-refractivity contribution >= 4 is 0 Å². The molecule has 1 aliphatic rings. The van der Waals surface area contributed by atoms with Gasteiger partial charge in [0.25, 0.3) is 0 Å². The van der Waals surface area contributed by atoms with E-state index in [1.807, 2.05) is 0 Å². The Hall–Kier alpha value is -0.820. The van der Waals surface area contributed by atoms with Gasteiger partial charge in [-0.05, 0) is 44.1 Å². The van der Waals surface area contributed by atoms with Crippen LogP contribution in [0, 0.1) is 12.3 Å². The van der Waals surface area contributed by atoms with Gasteiger partial charge in [0.2, 0.25) is 0 Å². The maximum absolute atomic E-state index is 6.02. The van der Waals surface area contributed by atoms with Crippen LogP contribution >= 0.6 is 0 Å². The first-order valence-corrected chi connectivity index (χ1v) is 5.43. The van der Waals surface area contributed by atoms with Crippen LogP contribution in [0.4, 0.5) is 0 Å². The van der Waals surface area contributed by atoms with Gasteiger partial charge in [0.05, 0.1) is 0 Å². The molecule has 2 rings (SSSR count). The van der Waals surface area contributed by atoms with Crippen LogP contribution in [0.1, 0.15) is 30.9 Å². The Morgan fingerprint density at radius 2 is 2.14 bits per heavy atom. The summed E-state index contributed by atoms with van der Waals surface area (Å²) in [6.45, 7) is 4.29. The van der Waals surface area contributed by atoms with Crippen molar-refractivity contribution in [2.24, 2.45) is 11.1 Å². The van der Waals surface area contributed by atoms with Gasteiger partial charge in [-0.15, -0.1) is 0 Å². The quantitative estimate of drug-likeness (QED) is 0.777. The van der Waals surface area contributed by atoms with Gasteiger partial charge >= 0.3 is 0 Å². The molecular weight excluding hydrogens is 170 g/mol. The second-order valence-corrected chi connectivity index (χ2v) is 4.82. The molecular formula is C13H19N. The molecule has 1 aliphatic carbocycles. The zero-order valence-corrected chi connectivity index (χ0v) is 9.09. The third kappa shape index (κ3) is 1.83. The summed E-state index contributed by atoms with van der Waals surface area (Å²) in [6.07, 6.45) is 3.77. The van der Waals surface area contributed by atoms with E-state index in [1.165, 1.54) is 24.0 Å². The van der Waals surface area contributed by atoms with E-state index < -0.39 is 0 Å². The van der Waals surface area contributed by atoms with Crippen molar-refractivity contribution in [3.05, 3.63) is 35.4 Å². The predicted octanol–water partition coefficient (Wildman–Crippen LogP) is 2.66. The van der Waals surface area contributed by atoms with Crippen LogP contribution in [0.2, 0.25) is 0 Å². The monoisotopic (exact) mass is 189 g/mol. The lowest BCUT2D eigenvalue weighted by atomic mass is 9.90. The Balaban J connectivity index is 2.11. The molecule has 76 valence electrons. The summed E-state index contributed by atoms with van der Waals surface area (Å²) in [4.78, 5) is 0. The molecule has 0 spiro atoms. The second-order valence-electron chi connectivity index (χ2n) is 4.82. The van der Waals surface area contributed by atoms with Gasteiger partial charge in [-0.25, -0.2) is 0 Å². The molecule has 0 saturated heterocycles. The molecule has 1 fully saturated rings. The minimum atomic E-state index is 0.336. The van der Waals surface area contributed by atoms with Gasteiger partial charge in [-0.2, -0.15) is 0 Å². The number of aryl methyl sites for hydroxylation is 1. The molecule has 0 amide bonds. The Morgan fingerprint density at radius 1 is 1.43 bits per heavy atom. The number of rotatable bonds is 3. The van der Waals surface area contributed by atoms with E-state index in [0.29, 0.717) is 11.5 Å². The fourth-order valence-corrected chi connectivity index (χ4v) is 2.18. The number of benzene rings is 1. The molecule has 1 aromatic carbocycles.